The highest BCUT2D eigenvalue weighted by molar-refractivity contribution is 7.92. The van der Waals surface area contributed by atoms with Gasteiger partial charge in [-0.15, -0.1) is 11.3 Å². The number of hydrogen-bond acceptors (Lipinski definition) is 4. The number of benzene rings is 1. The van der Waals surface area contributed by atoms with Gasteiger partial charge in [-0.25, -0.2) is 8.42 Å². The fraction of sp³-hybridized carbons (Fsp3) is 0.357. The summed E-state index contributed by atoms with van der Waals surface area (Å²) in [6.07, 6.45) is 0. The summed E-state index contributed by atoms with van der Waals surface area (Å²) in [5.74, 6) is -0.0511. The molecule has 2 aromatic rings. The second-order valence-corrected chi connectivity index (χ2v) is 7.93. The van der Waals surface area contributed by atoms with Crippen molar-refractivity contribution in [3.63, 3.8) is 0 Å². The summed E-state index contributed by atoms with van der Waals surface area (Å²) in [6, 6.07) is 7.19. The number of thiophene rings is 1. The van der Waals surface area contributed by atoms with E-state index in [1.807, 2.05) is 13.0 Å². The monoisotopic (exact) mass is 326 g/mol. The third-order valence-electron chi connectivity index (χ3n) is 3.21. The van der Waals surface area contributed by atoms with Gasteiger partial charge in [0.05, 0.1) is 16.3 Å². The minimum Gasteiger partial charge on any atom is -0.352 e. The summed E-state index contributed by atoms with van der Waals surface area (Å²) in [5.41, 5.74) is 0.601. The summed E-state index contributed by atoms with van der Waals surface area (Å²) in [7, 11) is -1.74. The van der Waals surface area contributed by atoms with Crippen LogP contribution in [0.2, 0.25) is 0 Å². The van der Waals surface area contributed by atoms with Gasteiger partial charge < -0.3 is 5.32 Å². The van der Waals surface area contributed by atoms with Gasteiger partial charge in [0.25, 0.3) is 5.91 Å². The highest BCUT2D eigenvalue weighted by atomic mass is 32.2. The predicted molar refractivity (Wildman–Crippen MR) is 87.7 cm³/mol. The van der Waals surface area contributed by atoms with E-state index < -0.39 is 10.0 Å². The lowest BCUT2D eigenvalue weighted by Gasteiger charge is -2.18. The molecule has 1 N–H and O–H groups in total. The van der Waals surface area contributed by atoms with Crippen LogP contribution in [0, 0.1) is 0 Å². The number of fused-ring (bicyclic) bond motifs is 1. The van der Waals surface area contributed by atoms with Crippen LogP contribution in [0.3, 0.4) is 0 Å². The van der Waals surface area contributed by atoms with E-state index in [0.717, 1.165) is 10.1 Å². The minimum atomic E-state index is -3.28. The van der Waals surface area contributed by atoms with Crippen LogP contribution < -0.4 is 9.62 Å². The number of carbonyl (C=O) groups excluding carboxylic acids is 1. The first-order chi connectivity index (χ1) is 9.89. The van der Waals surface area contributed by atoms with Crippen molar-refractivity contribution in [2.45, 2.75) is 13.8 Å². The third kappa shape index (κ3) is 3.19. The van der Waals surface area contributed by atoms with Gasteiger partial charge in [-0.1, -0.05) is 0 Å². The van der Waals surface area contributed by atoms with Crippen molar-refractivity contribution >= 4 is 43.0 Å². The molecule has 2 rings (SSSR count). The van der Waals surface area contributed by atoms with Crippen LogP contribution in [0.5, 0.6) is 0 Å². The van der Waals surface area contributed by atoms with E-state index in [1.165, 1.54) is 22.7 Å². The highest BCUT2D eigenvalue weighted by Gasteiger charge is 2.17. The van der Waals surface area contributed by atoms with Crippen LogP contribution in [-0.4, -0.2) is 33.7 Å². The van der Waals surface area contributed by atoms with Gasteiger partial charge >= 0.3 is 0 Å². The van der Waals surface area contributed by atoms with Crippen LogP contribution in [0.15, 0.2) is 24.3 Å². The van der Waals surface area contributed by atoms with E-state index in [0.29, 0.717) is 17.1 Å². The fourth-order valence-corrected chi connectivity index (χ4v) is 3.72. The molecule has 0 aliphatic heterocycles. The zero-order valence-electron chi connectivity index (χ0n) is 12.2. The Labute approximate surface area is 128 Å². The molecule has 0 atom stereocenters. The average Bonchev–Trinajstić information content (AvgIpc) is 2.89. The molecule has 0 radical (unpaired) electrons. The number of nitrogens with one attached hydrogen (secondary N) is 1. The molecule has 1 aromatic carbocycles. The lowest BCUT2D eigenvalue weighted by atomic mass is 10.2. The summed E-state index contributed by atoms with van der Waals surface area (Å²) in [5, 5.41) is 3.63. The number of carbonyl (C=O) groups is 1. The molecule has 0 bridgehead atoms. The molecule has 0 unspecified atom stereocenters. The second-order valence-electron chi connectivity index (χ2n) is 4.56. The number of amides is 1. The van der Waals surface area contributed by atoms with E-state index in [4.69, 9.17) is 0 Å². The van der Waals surface area contributed by atoms with Crippen molar-refractivity contribution in [2.75, 3.05) is 23.7 Å². The minimum absolute atomic E-state index is 0.0509. The maximum Gasteiger partial charge on any atom is 0.261 e. The zero-order valence-corrected chi connectivity index (χ0v) is 13.8. The topological polar surface area (TPSA) is 66.5 Å². The number of sulfonamides is 1. The Hall–Kier alpha value is -1.60. The smallest absolute Gasteiger partial charge is 0.261 e. The SMILES string of the molecule is CCNC(=O)c1cc2cc(N(C)S(=O)(=O)CC)ccc2s1. The maximum atomic E-state index is 11.9. The molecule has 1 aromatic heterocycles. The Morgan fingerprint density at radius 1 is 1.29 bits per heavy atom. The molecule has 1 amide bonds. The van der Waals surface area contributed by atoms with Crippen molar-refractivity contribution in [2.24, 2.45) is 0 Å². The number of nitrogens with zero attached hydrogens (tertiary/aromatic N) is 1. The van der Waals surface area contributed by atoms with Crippen LogP contribution >= 0.6 is 11.3 Å². The van der Waals surface area contributed by atoms with Gasteiger partial charge in [0.2, 0.25) is 10.0 Å². The van der Waals surface area contributed by atoms with E-state index >= 15 is 0 Å². The molecule has 0 fully saturated rings. The molecular formula is C14H18N2O3S2. The normalized spacial score (nSPS) is 11.6. The van der Waals surface area contributed by atoms with Gasteiger partial charge in [-0.05, 0) is 43.5 Å². The summed E-state index contributed by atoms with van der Waals surface area (Å²) in [4.78, 5) is 12.5. The second kappa shape index (κ2) is 6.03. The number of hydrogen-bond donors (Lipinski definition) is 1. The van der Waals surface area contributed by atoms with Gasteiger partial charge in [0.15, 0.2) is 0 Å². The Balaban J connectivity index is 2.41. The van der Waals surface area contributed by atoms with Crippen molar-refractivity contribution in [1.29, 1.82) is 0 Å². The van der Waals surface area contributed by atoms with E-state index in [-0.39, 0.29) is 11.7 Å². The summed E-state index contributed by atoms with van der Waals surface area (Å²) >= 11 is 1.40. The van der Waals surface area contributed by atoms with Gasteiger partial charge in [0.1, 0.15) is 0 Å². The van der Waals surface area contributed by atoms with Crippen molar-refractivity contribution in [3.8, 4) is 0 Å². The maximum absolute atomic E-state index is 11.9. The lowest BCUT2D eigenvalue weighted by Crippen LogP contribution is -2.27. The van der Waals surface area contributed by atoms with Crippen LogP contribution in [-0.2, 0) is 10.0 Å². The molecule has 1 heterocycles. The highest BCUT2D eigenvalue weighted by Crippen LogP contribution is 2.30. The largest absolute Gasteiger partial charge is 0.352 e. The molecule has 0 spiro atoms. The summed E-state index contributed by atoms with van der Waals surface area (Å²) < 4.78 is 26.0. The lowest BCUT2D eigenvalue weighted by molar-refractivity contribution is 0.0960. The number of anilines is 1. The van der Waals surface area contributed by atoms with Gasteiger partial charge in [-0.2, -0.15) is 0 Å². The van der Waals surface area contributed by atoms with Crippen molar-refractivity contribution in [1.82, 2.24) is 5.32 Å². The van der Waals surface area contributed by atoms with E-state index in [2.05, 4.69) is 5.32 Å². The number of rotatable bonds is 5. The van der Waals surface area contributed by atoms with Crippen LogP contribution in [0.1, 0.15) is 23.5 Å². The van der Waals surface area contributed by atoms with Crippen molar-refractivity contribution in [3.05, 3.63) is 29.1 Å². The average molecular weight is 326 g/mol. The molecule has 0 aliphatic rings. The molecule has 21 heavy (non-hydrogen) atoms. The Kier molecular flexibility index (Phi) is 4.53. The third-order valence-corrected chi connectivity index (χ3v) is 6.10. The van der Waals surface area contributed by atoms with E-state index in [1.54, 1.807) is 25.1 Å². The van der Waals surface area contributed by atoms with Gasteiger partial charge in [-0.3, -0.25) is 9.10 Å². The molecule has 0 aliphatic carbocycles. The Bertz CT molecular complexity index is 766. The molecule has 5 nitrogen and oxygen atoms in total. The van der Waals surface area contributed by atoms with E-state index in [9.17, 15) is 13.2 Å². The predicted octanol–water partition coefficient (Wildman–Crippen LogP) is 2.44. The molecule has 0 saturated heterocycles. The zero-order chi connectivity index (χ0) is 15.6. The first-order valence-electron chi connectivity index (χ1n) is 6.67. The fourth-order valence-electron chi connectivity index (χ4n) is 1.94. The molecule has 114 valence electrons. The standard InChI is InChI=1S/C14H18N2O3S2/c1-4-15-14(17)13-9-10-8-11(6-7-12(10)20-13)16(3)21(18,19)5-2/h6-9H,4-5H2,1-3H3,(H,15,17). The first kappa shape index (κ1) is 15.8. The van der Waals surface area contributed by atoms with Crippen LogP contribution in [0.25, 0.3) is 10.1 Å². The van der Waals surface area contributed by atoms with Crippen molar-refractivity contribution < 1.29 is 13.2 Å². The van der Waals surface area contributed by atoms with Gasteiger partial charge in [0, 0.05) is 18.3 Å². The Morgan fingerprint density at radius 3 is 2.62 bits per heavy atom. The molecule has 0 saturated carbocycles. The van der Waals surface area contributed by atoms with Crippen LogP contribution in [0.4, 0.5) is 5.69 Å². The Morgan fingerprint density at radius 2 is 2.00 bits per heavy atom. The molecule has 7 heteroatoms. The first-order valence-corrected chi connectivity index (χ1v) is 9.10. The quantitative estimate of drug-likeness (QED) is 0.918. The summed E-state index contributed by atoms with van der Waals surface area (Å²) in [6.45, 7) is 4.06. The molecular weight excluding hydrogens is 308 g/mol.